The number of halogens is 1. The van der Waals surface area contributed by atoms with E-state index in [0.717, 1.165) is 5.56 Å². The van der Waals surface area contributed by atoms with Crippen LogP contribution in [0.25, 0.3) is 0 Å². The van der Waals surface area contributed by atoms with Crippen LogP contribution in [0.5, 0.6) is 0 Å². The van der Waals surface area contributed by atoms with Crippen LogP contribution in [-0.2, 0) is 16.1 Å². The molecule has 1 aliphatic rings. The van der Waals surface area contributed by atoms with Crippen molar-refractivity contribution in [1.82, 2.24) is 0 Å². The van der Waals surface area contributed by atoms with Gasteiger partial charge in [0, 0.05) is 19.4 Å². The van der Waals surface area contributed by atoms with Crippen LogP contribution < -0.4 is 5.73 Å². The van der Waals surface area contributed by atoms with Gasteiger partial charge in [-0.2, -0.15) is 0 Å². The fourth-order valence-corrected chi connectivity index (χ4v) is 1.87. The molecule has 5 nitrogen and oxygen atoms in total. The zero-order chi connectivity index (χ0) is 12.3. The quantitative estimate of drug-likeness (QED) is 0.861. The van der Waals surface area contributed by atoms with Crippen molar-refractivity contribution >= 4 is 24.1 Å². The second kappa shape index (κ2) is 5.84. The molecule has 0 bridgehead atoms. The van der Waals surface area contributed by atoms with Crippen LogP contribution in [0, 0.1) is 0 Å². The van der Waals surface area contributed by atoms with Gasteiger partial charge < -0.3 is 15.7 Å². The normalized spacial score (nSPS) is 21.7. The topological polar surface area (TPSA) is 84.9 Å². The van der Waals surface area contributed by atoms with Gasteiger partial charge in [-0.3, -0.25) is 0 Å². The summed E-state index contributed by atoms with van der Waals surface area (Å²) in [6.07, 6.45) is 0.532. The third kappa shape index (κ3) is 2.80. The molecular weight excluding hydrogens is 256 g/mol. The number of nitrogens with two attached hydrogens (primary N) is 1. The molecule has 98 valence electrons. The monoisotopic (exact) mass is 270 g/mol. The first kappa shape index (κ1) is 14.5. The van der Waals surface area contributed by atoms with Crippen molar-refractivity contribution < 1.29 is 14.7 Å². The second-order valence-electron chi connectivity index (χ2n) is 4.09. The van der Waals surface area contributed by atoms with E-state index in [2.05, 4.69) is 5.16 Å². The number of rotatable bonds is 4. The Morgan fingerprint density at radius 1 is 1.44 bits per heavy atom. The van der Waals surface area contributed by atoms with Crippen LogP contribution in [0.15, 0.2) is 35.5 Å². The van der Waals surface area contributed by atoms with E-state index in [4.69, 9.17) is 10.6 Å². The highest BCUT2D eigenvalue weighted by atomic mass is 35.5. The van der Waals surface area contributed by atoms with Gasteiger partial charge >= 0.3 is 5.97 Å². The Morgan fingerprint density at radius 2 is 2.11 bits per heavy atom. The summed E-state index contributed by atoms with van der Waals surface area (Å²) < 4.78 is 0. The predicted octanol–water partition coefficient (Wildman–Crippen LogP) is 1.21. The number of carbonyl (C=O) groups is 1. The number of oxime groups is 1. The van der Waals surface area contributed by atoms with Gasteiger partial charge in [0.15, 0.2) is 0 Å². The van der Waals surface area contributed by atoms with Gasteiger partial charge in [0.2, 0.25) is 5.60 Å². The van der Waals surface area contributed by atoms with E-state index in [1.54, 1.807) is 0 Å². The Hall–Kier alpha value is -1.59. The highest BCUT2D eigenvalue weighted by Crippen LogP contribution is 2.28. The summed E-state index contributed by atoms with van der Waals surface area (Å²) in [5.74, 6) is -1.01. The third-order valence-corrected chi connectivity index (χ3v) is 2.80. The molecule has 0 saturated carbocycles. The van der Waals surface area contributed by atoms with E-state index in [9.17, 15) is 9.90 Å². The van der Waals surface area contributed by atoms with Crippen LogP contribution in [0.2, 0.25) is 0 Å². The van der Waals surface area contributed by atoms with Crippen LogP contribution in [0.1, 0.15) is 12.0 Å². The standard InChI is InChI=1S/C12H14N2O3.ClH/c13-8-10-7-12(11(15)16,17-14-10)6-9-4-2-1-3-5-9;/h1-5H,6-8,13H2,(H,15,16);1H. The lowest BCUT2D eigenvalue weighted by Crippen LogP contribution is -2.41. The Labute approximate surface area is 111 Å². The summed E-state index contributed by atoms with van der Waals surface area (Å²) in [5, 5.41) is 13.0. The summed E-state index contributed by atoms with van der Waals surface area (Å²) in [5.41, 5.74) is 5.64. The summed E-state index contributed by atoms with van der Waals surface area (Å²) >= 11 is 0. The van der Waals surface area contributed by atoms with Gasteiger partial charge in [-0.15, -0.1) is 12.4 Å². The van der Waals surface area contributed by atoms with Crippen molar-refractivity contribution in [2.45, 2.75) is 18.4 Å². The van der Waals surface area contributed by atoms with Crippen LogP contribution >= 0.6 is 12.4 Å². The molecule has 0 aromatic heterocycles. The smallest absolute Gasteiger partial charge is 0.351 e. The lowest BCUT2D eigenvalue weighted by atomic mass is 9.90. The minimum Gasteiger partial charge on any atom is -0.478 e. The predicted molar refractivity (Wildman–Crippen MR) is 70.0 cm³/mol. The van der Waals surface area contributed by atoms with Gasteiger partial charge in [-0.1, -0.05) is 35.5 Å². The first-order valence-electron chi connectivity index (χ1n) is 5.37. The van der Waals surface area contributed by atoms with Crippen molar-refractivity contribution in [1.29, 1.82) is 0 Å². The summed E-state index contributed by atoms with van der Waals surface area (Å²) in [4.78, 5) is 16.5. The Morgan fingerprint density at radius 3 is 2.61 bits per heavy atom. The number of benzene rings is 1. The molecule has 1 aromatic rings. The first-order chi connectivity index (χ1) is 8.16. The Kier molecular flexibility index (Phi) is 4.69. The van der Waals surface area contributed by atoms with Gasteiger partial charge in [0.1, 0.15) is 0 Å². The third-order valence-electron chi connectivity index (χ3n) is 2.80. The van der Waals surface area contributed by atoms with Gasteiger partial charge in [-0.05, 0) is 5.56 Å². The van der Waals surface area contributed by atoms with E-state index >= 15 is 0 Å². The van der Waals surface area contributed by atoms with E-state index in [0.29, 0.717) is 5.71 Å². The average molecular weight is 271 g/mol. The van der Waals surface area contributed by atoms with E-state index < -0.39 is 11.6 Å². The fourth-order valence-electron chi connectivity index (χ4n) is 1.87. The minimum absolute atomic E-state index is 0. The first-order valence-corrected chi connectivity index (χ1v) is 5.37. The molecule has 0 aliphatic carbocycles. The Balaban J connectivity index is 0.00000162. The maximum absolute atomic E-state index is 11.4. The molecule has 18 heavy (non-hydrogen) atoms. The summed E-state index contributed by atoms with van der Waals surface area (Å²) in [7, 11) is 0. The van der Waals surface area contributed by atoms with Gasteiger partial charge in [0.25, 0.3) is 0 Å². The minimum atomic E-state index is -1.30. The SMILES string of the molecule is Cl.NCC1=NOC(Cc2ccccc2)(C(=O)O)C1. The van der Waals surface area contributed by atoms with Crippen molar-refractivity contribution in [3.63, 3.8) is 0 Å². The maximum atomic E-state index is 11.4. The number of hydrogen-bond donors (Lipinski definition) is 2. The van der Waals surface area contributed by atoms with E-state index in [1.807, 2.05) is 30.3 Å². The molecule has 0 spiro atoms. The summed E-state index contributed by atoms with van der Waals surface area (Å²) in [6.45, 7) is 0.226. The summed E-state index contributed by atoms with van der Waals surface area (Å²) in [6, 6.07) is 9.35. The van der Waals surface area contributed by atoms with Crippen molar-refractivity contribution in [2.75, 3.05) is 6.54 Å². The molecule has 1 unspecified atom stereocenters. The highest BCUT2D eigenvalue weighted by Gasteiger charge is 2.46. The largest absolute Gasteiger partial charge is 0.478 e. The molecular formula is C12H15ClN2O3. The number of nitrogens with zero attached hydrogens (tertiary/aromatic N) is 1. The zero-order valence-corrected chi connectivity index (χ0v) is 10.5. The van der Waals surface area contributed by atoms with Crippen molar-refractivity contribution in [3.05, 3.63) is 35.9 Å². The molecule has 3 N–H and O–H groups in total. The highest BCUT2D eigenvalue weighted by molar-refractivity contribution is 5.94. The molecule has 0 saturated heterocycles. The molecule has 1 heterocycles. The Bertz CT molecular complexity index is 450. The fraction of sp³-hybridized carbons (Fsp3) is 0.333. The number of aliphatic carboxylic acids is 1. The van der Waals surface area contributed by atoms with Crippen LogP contribution in [-0.4, -0.2) is 28.9 Å². The molecule has 0 fully saturated rings. The molecule has 6 heteroatoms. The van der Waals surface area contributed by atoms with Crippen molar-refractivity contribution in [2.24, 2.45) is 10.9 Å². The number of carboxylic acids is 1. The molecule has 1 atom stereocenters. The lowest BCUT2D eigenvalue weighted by molar-refractivity contribution is -0.162. The zero-order valence-electron chi connectivity index (χ0n) is 9.70. The van der Waals surface area contributed by atoms with Gasteiger partial charge in [-0.25, -0.2) is 4.79 Å². The van der Waals surface area contributed by atoms with E-state index in [1.165, 1.54) is 0 Å². The van der Waals surface area contributed by atoms with Crippen LogP contribution in [0.4, 0.5) is 0 Å². The molecule has 0 amide bonds. The molecule has 0 radical (unpaired) electrons. The maximum Gasteiger partial charge on any atom is 0.351 e. The molecule has 2 rings (SSSR count). The van der Waals surface area contributed by atoms with E-state index in [-0.39, 0.29) is 31.8 Å². The second-order valence-corrected chi connectivity index (χ2v) is 4.09. The number of carboxylic acid groups (broad SMARTS) is 1. The number of hydrogen-bond acceptors (Lipinski definition) is 4. The van der Waals surface area contributed by atoms with Gasteiger partial charge in [0.05, 0.1) is 5.71 Å². The average Bonchev–Trinajstić information content (AvgIpc) is 2.75. The molecule has 1 aliphatic heterocycles. The van der Waals surface area contributed by atoms with Crippen molar-refractivity contribution in [3.8, 4) is 0 Å². The lowest BCUT2D eigenvalue weighted by Gasteiger charge is -2.21. The van der Waals surface area contributed by atoms with Crippen LogP contribution in [0.3, 0.4) is 0 Å². The molecule has 1 aromatic carbocycles.